The molecule has 1 amide bonds. The molecule has 0 saturated heterocycles. The van der Waals surface area contributed by atoms with Crippen molar-refractivity contribution in [1.82, 2.24) is 30.1 Å². The van der Waals surface area contributed by atoms with Gasteiger partial charge in [0.25, 0.3) is 12.9 Å². The van der Waals surface area contributed by atoms with E-state index >= 15 is 0 Å². The van der Waals surface area contributed by atoms with Crippen molar-refractivity contribution in [1.29, 1.82) is 0 Å². The van der Waals surface area contributed by atoms with Gasteiger partial charge in [-0.15, -0.1) is 0 Å². The Hall–Kier alpha value is -9.44. The number of likely N-dealkylation sites (N-methyl/N-ethyl adjacent to an activating group) is 2. The van der Waals surface area contributed by atoms with Crippen LogP contribution >= 0.6 is 0 Å². The fourth-order valence-electron chi connectivity index (χ4n) is 10.5. The summed E-state index contributed by atoms with van der Waals surface area (Å²) in [6.07, 6.45) is 18.4. The number of ether oxygens (including phenoxy) is 6. The van der Waals surface area contributed by atoms with E-state index in [-0.39, 0.29) is 29.9 Å². The molecule has 21 nitrogen and oxygen atoms in total. The molecule has 0 unspecified atom stereocenters. The van der Waals surface area contributed by atoms with Gasteiger partial charge in [-0.2, -0.15) is 0 Å². The molecule has 0 atom stereocenters. The van der Waals surface area contributed by atoms with Crippen molar-refractivity contribution >= 4 is 62.7 Å². The highest BCUT2D eigenvalue weighted by Crippen LogP contribution is 2.34. The summed E-state index contributed by atoms with van der Waals surface area (Å²) >= 11 is 0. The van der Waals surface area contributed by atoms with Crippen molar-refractivity contribution in [2.45, 2.75) is 123 Å². The van der Waals surface area contributed by atoms with Crippen molar-refractivity contribution in [2.75, 3.05) is 67.7 Å². The van der Waals surface area contributed by atoms with Crippen LogP contribution in [0.15, 0.2) is 134 Å². The second-order valence-electron chi connectivity index (χ2n) is 23.7. The van der Waals surface area contributed by atoms with Crippen LogP contribution in [0.5, 0.6) is 40.2 Å². The summed E-state index contributed by atoms with van der Waals surface area (Å²) in [7, 11) is 7.90. The molecule has 2 fully saturated rings. The second-order valence-corrected chi connectivity index (χ2v) is 23.7. The number of nitrogens with one attached hydrogen (secondary N) is 1. The first kappa shape index (κ1) is 72.0. The van der Waals surface area contributed by atoms with E-state index in [1.54, 1.807) is 60.9 Å². The van der Waals surface area contributed by atoms with E-state index in [1.807, 2.05) is 100 Å². The van der Waals surface area contributed by atoms with Crippen molar-refractivity contribution in [2.24, 2.45) is 5.73 Å². The number of hydrogen-bond acceptors (Lipinski definition) is 20. The van der Waals surface area contributed by atoms with Crippen LogP contribution in [0.3, 0.4) is 0 Å². The molecule has 5 heterocycles. The largest absolute Gasteiger partial charge is 0.506 e. The maximum Gasteiger partial charge on any atom is 0.293 e. The lowest BCUT2D eigenvalue weighted by Crippen LogP contribution is -2.32. The third kappa shape index (κ3) is 22.1. The summed E-state index contributed by atoms with van der Waals surface area (Å²) < 4.78 is 45.5. The molecule has 500 valence electrons. The first-order chi connectivity index (χ1) is 45.0. The lowest BCUT2D eigenvalue weighted by molar-refractivity contribution is -0.129. The predicted octanol–water partition coefficient (Wildman–Crippen LogP) is 12.3. The Morgan fingerprint density at radius 1 is 0.574 bits per heavy atom. The van der Waals surface area contributed by atoms with Gasteiger partial charge >= 0.3 is 0 Å². The fraction of sp³-hybridized carbons (Fsp3) is 0.397. The maximum absolute atomic E-state index is 13.3. The van der Waals surface area contributed by atoms with Gasteiger partial charge in [-0.3, -0.25) is 38.9 Å². The van der Waals surface area contributed by atoms with Crippen LogP contribution in [0, 0.1) is 13.8 Å². The Morgan fingerprint density at radius 2 is 1.01 bits per heavy atom. The zero-order valence-corrected chi connectivity index (χ0v) is 54.0. The molecule has 4 aromatic carbocycles. The minimum Gasteiger partial charge on any atom is -0.506 e. The lowest BCUT2D eigenvalue weighted by Gasteiger charge is -2.13. The Kier molecular flexibility index (Phi) is 28.1. The number of nitrogens with zero attached hydrogens (tertiary/aromatic N) is 5. The van der Waals surface area contributed by atoms with Gasteiger partial charge in [0.2, 0.25) is 16.8 Å². The molecule has 4 N–H and O–H groups in total. The zero-order chi connectivity index (χ0) is 66.1. The van der Waals surface area contributed by atoms with Crippen LogP contribution in [-0.2, 0) is 43.1 Å². The summed E-state index contributed by atoms with van der Waals surface area (Å²) in [6.45, 7) is 7.95. The van der Waals surface area contributed by atoms with Crippen molar-refractivity contribution < 1.29 is 56.7 Å². The number of benzene rings is 4. The number of rotatable bonds is 26. The SMILES string of the molecule is C.Cc1cc(OCCN(C)C)c2oc3cc(Oc4ccc(CCC(=O)NC5CCCC5)nc4)ccc3c(=O)c2c1.Cc1cc(OCCN(C)C)c2oc3cc(Oc4ccc(CCCOC=O)nc4)ccc3c(=O)c2c1.NC1CCCC1.O=COCCCc1ccc(O)cn1. The second kappa shape index (κ2) is 36.7. The average molecular weight is 1290 g/mol. The van der Waals surface area contributed by atoms with Gasteiger partial charge in [0, 0.05) is 60.8 Å². The van der Waals surface area contributed by atoms with Gasteiger partial charge < -0.3 is 63.2 Å². The molecule has 9 aromatic rings. The number of fused-ring (bicyclic) bond motifs is 4. The molecule has 0 aliphatic heterocycles. The van der Waals surface area contributed by atoms with Crippen LogP contribution in [-0.4, -0.2) is 129 Å². The monoisotopic (exact) mass is 1290 g/mol. The van der Waals surface area contributed by atoms with Gasteiger partial charge in [-0.05, 0) is 196 Å². The summed E-state index contributed by atoms with van der Waals surface area (Å²) in [5.74, 6) is 3.50. The highest BCUT2D eigenvalue weighted by molar-refractivity contribution is 5.94. The van der Waals surface area contributed by atoms with E-state index in [1.165, 1.54) is 44.7 Å². The van der Waals surface area contributed by atoms with Gasteiger partial charge in [-0.25, -0.2) is 0 Å². The van der Waals surface area contributed by atoms with Gasteiger partial charge in [0.15, 0.2) is 22.7 Å². The summed E-state index contributed by atoms with van der Waals surface area (Å²) in [5, 5.41) is 14.0. The molecular weight excluding hydrogens is 1200 g/mol. The van der Waals surface area contributed by atoms with Gasteiger partial charge in [0.05, 0.1) is 53.3 Å². The standard InChI is InChI=1S/C31H35N3O5.C27H28N2O6.C9H11NO3.C5H11N.CH4/c1-20-16-26-30(36)25-12-11-23(18-27(25)39-31(26)28(17-20)37-15-14-34(2)3)38-24-10-8-21(32-19-24)9-13-29(35)33-22-6-4-5-7-22;1-18-13-23-26(31)22-9-8-20(34-21-7-6-19(28-16-21)5-4-11-32-17-30)15-24(22)35-27(23)25(14-18)33-12-10-29(2)3;11-7-13-5-1-2-8-3-4-9(12)6-10-8;6-5-3-1-2-4-5;/h8,10-12,16-19,22H,4-7,9,13-15H2,1-3H3,(H,33,35);6-9,13-17H,4-5,10-12H2,1-3H3;3-4,6-7,12H,1-2,5H2;5H,1-4,6H2;1H4. The molecule has 2 aliphatic rings. The Labute approximate surface area is 548 Å². The number of aryl methyl sites for hydroxylation is 5. The normalized spacial score (nSPS) is 12.9. The number of pyridine rings is 3. The highest BCUT2D eigenvalue weighted by Gasteiger charge is 2.19. The molecule has 94 heavy (non-hydrogen) atoms. The lowest BCUT2D eigenvalue weighted by atomic mass is 10.1. The van der Waals surface area contributed by atoms with E-state index in [9.17, 15) is 24.0 Å². The van der Waals surface area contributed by atoms with Gasteiger partial charge in [-0.1, -0.05) is 33.1 Å². The van der Waals surface area contributed by atoms with Crippen LogP contribution in [0.4, 0.5) is 0 Å². The number of aromatic hydroxyl groups is 1. The molecule has 21 heteroatoms. The Balaban J connectivity index is 0.000000207. The van der Waals surface area contributed by atoms with E-state index in [0.29, 0.717) is 156 Å². The minimum atomic E-state index is -0.112. The topological polar surface area (TPSA) is 270 Å². The third-order valence-corrected chi connectivity index (χ3v) is 15.4. The molecular formula is C73H89N7O14. The molecule has 5 aromatic heterocycles. The van der Waals surface area contributed by atoms with Crippen molar-refractivity contribution in [3.05, 3.63) is 164 Å². The number of hydrogen-bond donors (Lipinski definition) is 3. The molecule has 0 radical (unpaired) electrons. The van der Waals surface area contributed by atoms with Crippen molar-refractivity contribution in [3.63, 3.8) is 0 Å². The summed E-state index contributed by atoms with van der Waals surface area (Å²) in [6, 6.07) is 29.3. The number of nitrogens with two attached hydrogens (primary N) is 1. The molecule has 2 aliphatic carbocycles. The number of carbonyl (C=O) groups is 3. The third-order valence-electron chi connectivity index (χ3n) is 15.4. The van der Waals surface area contributed by atoms with Gasteiger partial charge in [0.1, 0.15) is 53.1 Å². The predicted molar refractivity (Wildman–Crippen MR) is 365 cm³/mol. The number of aromatic nitrogens is 3. The average Bonchev–Trinajstić information content (AvgIpc) is 1.00. The van der Waals surface area contributed by atoms with Crippen LogP contribution in [0.2, 0.25) is 0 Å². The number of carbonyl (C=O) groups excluding carboxylic acids is 3. The van der Waals surface area contributed by atoms with Crippen LogP contribution in [0.25, 0.3) is 43.9 Å². The molecule has 2 saturated carbocycles. The summed E-state index contributed by atoms with van der Waals surface area (Å²) in [4.78, 5) is 75.6. The maximum atomic E-state index is 13.3. The van der Waals surface area contributed by atoms with Crippen LogP contribution < -0.4 is 40.9 Å². The minimum absolute atomic E-state index is 0. The zero-order valence-electron chi connectivity index (χ0n) is 54.0. The fourth-order valence-corrected chi connectivity index (χ4v) is 10.5. The Bertz CT molecular complexity index is 4000. The Morgan fingerprint density at radius 3 is 1.41 bits per heavy atom. The summed E-state index contributed by atoms with van der Waals surface area (Å²) in [5.41, 5.74) is 11.4. The van der Waals surface area contributed by atoms with E-state index in [4.69, 9.17) is 43.4 Å². The van der Waals surface area contributed by atoms with Crippen molar-refractivity contribution in [3.8, 4) is 40.2 Å². The highest BCUT2D eigenvalue weighted by atomic mass is 16.5. The smallest absolute Gasteiger partial charge is 0.293 e. The molecule has 11 rings (SSSR count). The first-order valence-corrected chi connectivity index (χ1v) is 31.6. The number of amides is 1. The first-order valence-electron chi connectivity index (χ1n) is 31.6. The molecule has 0 bridgehead atoms. The van der Waals surface area contributed by atoms with E-state index in [0.717, 1.165) is 67.0 Å². The van der Waals surface area contributed by atoms with E-state index < -0.39 is 0 Å². The van der Waals surface area contributed by atoms with Crippen LogP contribution in [0.1, 0.15) is 106 Å². The quantitative estimate of drug-likeness (QED) is 0.0258. The molecule has 0 spiro atoms. The van der Waals surface area contributed by atoms with E-state index in [2.05, 4.69) is 25.0 Å².